The smallest absolute Gasteiger partial charge is 0.338 e. The Balaban J connectivity index is 1.86. The lowest BCUT2D eigenvalue weighted by molar-refractivity contribution is -0.292. The van der Waals surface area contributed by atoms with Gasteiger partial charge in [0.1, 0.15) is 17.3 Å². The molecule has 0 spiro atoms. The van der Waals surface area contributed by atoms with Gasteiger partial charge in [0.2, 0.25) is 0 Å². The fraction of sp³-hybridized carbons (Fsp3) is 0.696. The van der Waals surface area contributed by atoms with Crippen molar-refractivity contribution >= 4 is 25.9 Å². The largest absolute Gasteiger partial charge is 0.450 e. The summed E-state index contributed by atoms with van der Waals surface area (Å²) in [4.78, 5) is 12.8. The van der Waals surface area contributed by atoms with Crippen molar-refractivity contribution in [3.8, 4) is 0 Å². The molecule has 2 fully saturated rings. The van der Waals surface area contributed by atoms with Gasteiger partial charge in [0, 0.05) is 17.5 Å². The molecule has 1 aliphatic carbocycles. The molecule has 0 amide bonds. The predicted octanol–water partition coefficient (Wildman–Crippen LogP) is 3.76. The van der Waals surface area contributed by atoms with Crippen molar-refractivity contribution in [1.29, 1.82) is 0 Å². The summed E-state index contributed by atoms with van der Waals surface area (Å²) in [7, 11) is -0.732. The Morgan fingerprint density at radius 3 is 2.22 bits per heavy atom. The van der Waals surface area contributed by atoms with Crippen LogP contribution in [0.15, 0.2) is 24.3 Å². The maximum absolute atomic E-state index is 12.8. The van der Waals surface area contributed by atoms with E-state index in [1.807, 2.05) is 0 Å². The molecular formula is C23H35ClO7Si. The van der Waals surface area contributed by atoms with Gasteiger partial charge in [-0.1, -0.05) is 46.2 Å². The average molecular weight is 487 g/mol. The molecular weight excluding hydrogens is 452 g/mol. The SMILES string of the molecule is COC1O[C@H](CO[Si](C)(C)C(C)(C)C)[C@@]2(O)C(C)(C)[C@@]2(O)[C@H]1OC(=O)c1ccc(Cl)cc1. The third-order valence-electron chi connectivity index (χ3n) is 7.80. The molecule has 5 atom stereocenters. The molecule has 1 aromatic rings. The molecule has 32 heavy (non-hydrogen) atoms. The summed E-state index contributed by atoms with van der Waals surface area (Å²) in [5.41, 5.74) is -4.22. The summed E-state index contributed by atoms with van der Waals surface area (Å²) >= 11 is 5.89. The molecule has 1 saturated heterocycles. The Kier molecular flexibility index (Phi) is 6.44. The van der Waals surface area contributed by atoms with Crippen molar-refractivity contribution in [2.45, 2.75) is 82.5 Å². The van der Waals surface area contributed by atoms with E-state index in [0.29, 0.717) is 5.02 Å². The molecule has 2 aliphatic rings. The van der Waals surface area contributed by atoms with Crippen LogP contribution in [0.4, 0.5) is 0 Å². The molecule has 1 unspecified atom stereocenters. The van der Waals surface area contributed by atoms with E-state index in [0.717, 1.165) is 0 Å². The highest BCUT2D eigenvalue weighted by atomic mass is 35.5. The first kappa shape index (κ1) is 25.6. The normalized spacial score (nSPS) is 34.0. The second kappa shape index (κ2) is 8.04. The van der Waals surface area contributed by atoms with E-state index in [1.165, 1.54) is 19.2 Å². The number of hydrogen-bond donors (Lipinski definition) is 2. The molecule has 1 aliphatic heterocycles. The Morgan fingerprint density at radius 2 is 1.72 bits per heavy atom. The van der Waals surface area contributed by atoms with Crippen molar-refractivity contribution in [2.24, 2.45) is 5.41 Å². The fourth-order valence-electron chi connectivity index (χ4n) is 4.40. The van der Waals surface area contributed by atoms with E-state index in [4.69, 9.17) is 30.2 Å². The zero-order valence-electron chi connectivity index (χ0n) is 20.1. The minimum Gasteiger partial charge on any atom is -0.450 e. The van der Waals surface area contributed by atoms with Gasteiger partial charge in [-0.05, 0) is 42.4 Å². The summed E-state index contributed by atoms with van der Waals surface area (Å²) in [6.45, 7) is 14.1. The summed E-state index contributed by atoms with van der Waals surface area (Å²) in [6, 6.07) is 6.20. The zero-order chi connectivity index (χ0) is 24.3. The number of carbonyl (C=O) groups excluding carboxylic acids is 1. The van der Waals surface area contributed by atoms with Gasteiger partial charge >= 0.3 is 5.97 Å². The van der Waals surface area contributed by atoms with E-state index in [9.17, 15) is 15.0 Å². The van der Waals surface area contributed by atoms with Crippen LogP contribution in [0.2, 0.25) is 23.2 Å². The average Bonchev–Trinajstić information content (AvgIpc) is 3.07. The van der Waals surface area contributed by atoms with Gasteiger partial charge in [0.05, 0.1) is 12.2 Å². The first-order valence-electron chi connectivity index (χ1n) is 10.8. The zero-order valence-corrected chi connectivity index (χ0v) is 21.8. The summed E-state index contributed by atoms with van der Waals surface area (Å²) in [5, 5.41) is 23.7. The van der Waals surface area contributed by atoms with Crippen molar-refractivity contribution in [3.05, 3.63) is 34.9 Å². The number of halogens is 1. The second-order valence-corrected chi connectivity index (χ2v) is 16.0. The van der Waals surface area contributed by atoms with Gasteiger partial charge in [0.15, 0.2) is 20.7 Å². The molecule has 2 N–H and O–H groups in total. The topological polar surface area (TPSA) is 94.5 Å². The molecule has 0 bridgehead atoms. The monoisotopic (exact) mass is 486 g/mol. The molecule has 1 heterocycles. The maximum atomic E-state index is 12.8. The summed E-state index contributed by atoms with van der Waals surface area (Å²) in [6.07, 6.45) is -3.17. The Hall–Kier alpha value is -1.00. The number of carbonyl (C=O) groups is 1. The van der Waals surface area contributed by atoms with Crippen LogP contribution in [-0.4, -0.2) is 67.9 Å². The number of esters is 1. The fourth-order valence-corrected chi connectivity index (χ4v) is 5.52. The summed E-state index contributed by atoms with van der Waals surface area (Å²) < 4.78 is 23.4. The third-order valence-corrected chi connectivity index (χ3v) is 12.5. The molecule has 9 heteroatoms. The molecule has 1 saturated carbocycles. The third kappa shape index (κ3) is 3.64. The van der Waals surface area contributed by atoms with E-state index in [2.05, 4.69) is 33.9 Å². The van der Waals surface area contributed by atoms with E-state index in [-0.39, 0.29) is 17.2 Å². The van der Waals surface area contributed by atoms with Gasteiger partial charge in [0.25, 0.3) is 0 Å². The van der Waals surface area contributed by atoms with Crippen LogP contribution in [0.5, 0.6) is 0 Å². The van der Waals surface area contributed by atoms with Crippen LogP contribution in [0, 0.1) is 5.41 Å². The number of hydrogen-bond acceptors (Lipinski definition) is 7. The number of methoxy groups -OCH3 is 1. The quantitative estimate of drug-likeness (QED) is 0.467. The predicted molar refractivity (Wildman–Crippen MR) is 123 cm³/mol. The number of ether oxygens (including phenoxy) is 3. The number of aliphatic hydroxyl groups is 2. The molecule has 3 rings (SSSR count). The number of fused-ring (bicyclic) bond motifs is 1. The highest BCUT2D eigenvalue weighted by Gasteiger charge is 2.92. The minimum atomic E-state index is -2.14. The van der Waals surface area contributed by atoms with Gasteiger partial charge in [-0.2, -0.15) is 0 Å². The van der Waals surface area contributed by atoms with Crippen molar-refractivity contribution in [3.63, 3.8) is 0 Å². The van der Waals surface area contributed by atoms with Crippen LogP contribution < -0.4 is 0 Å². The van der Waals surface area contributed by atoms with Gasteiger partial charge in [-0.15, -0.1) is 0 Å². The minimum absolute atomic E-state index is 0.0308. The Labute approximate surface area is 196 Å². The molecule has 1 aromatic carbocycles. The molecule has 7 nitrogen and oxygen atoms in total. The lowest BCUT2D eigenvalue weighted by Crippen LogP contribution is -2.61. The lowest BCUT2D eigenvalue weighted by Gasteiger charge is -2.43. The van der Waals surface area contributed by atoms with E-state index in [1.54, 1.807) is 26.0 Å². The van der Waals surface area contributed by atoms with Gasteiger partial charge < -0.3 is 28.8 Å². The number of rotatable bonds is 6. The maximum Gasteiger partial charge on any atom is 0.338 e. The van der Waals surface area contributed by atoms with Crippen LogP contribution in [0.3, 0.4) is 0 Å². The standard InChI is InChI=1S/C23H35ClO7Si/c1-20(2,3)32(7,8)29-13-16-22(26)21(4,5)23(22,27)17(19(28-6)30-16)31-18(25)14-9-11-15(24)12-10-14/h9-12,16-17,19,26-27H,13H2,1-8H3/t16-,17+,19?,22-,23+/m1/s1. The van der Waals surface area contributed by atoms with E-state index < -0.39 is 49.4 Å². The van der Waals surface area contributed by atoms with Gasteiger partial charge in [-0.3, -0.25) is 0 Å². The molecule has 180 valence electrons. The van der Waals surface area contributed by atoms with E-state index >= 15 is 0 Å². The molecule has 0 radical (unpaired) electrons. The van der Waals surface area contributed by atoms with Crippen LogP contribution in [-0.2, 0) is 18.6 Å². The van der Waals surface area contributed by atoms with Crippen molar-refractivity contribution in [1.82, 2.24) is 0 Å². The highest BCUT2D eigenvalue weighted by Crippen LogP contribution is 2.71. The van der Waals surface area contributed by atoms with Crippen LogP contribution in [0.1, 0.15) is 45.0 Å². The lowest BCUT2D eigenvalue weighted by atomic mass is 9.99. The van der Waals surface area contributed by atoms with Crippen molar-refractivity contribution in [2.75, 3.05) is 13.7 Å². The van der Waals surface area contributed by atoms with Crippen LogP contribution in [0.25, 0.3) is 0 Å². The highest BCUT2D eigenvalue weighted by molar-refractivity contribution is 6.74. The molecule has 0 aromatic heterocycles. The second-order valence-electron chi connectivity index (χ2n) is 10.8. The first-order valence-corrected chi connectivity index (χ1v) is 14.1. The first-order chi connectivity index (χ1) is 14.5. The van der Waals surface area contributed by atoms with Crippen molar-refractivity contribution < 1.29 is 33.6 Å². The summed E-state index contributed by atoms with van der Waals surface area (Å²) in [5.74, 6) is -0.674. The Bertz CT molecular complexity index is 866. The number of benzene rings is 1. The Morgan fingerprint density at radius 1 is 1.16 bits per heavy atom. The van der Waals surface area contributed by atoms with Gasteiger partial charge in [-0.25, -0.2) is 4.79 Å². The van der Waals surface area contributed by atoms with Crippen LogP contribution >= 0.6 is 11.6 Å².